The normalized spacial score (nSPS) is 13.0. The van der Waals surface area contributed by atoms with Gasteiger partial charge in [-0.1, -0.05) is 121 Å². The average molecular weight is 730 g/mol. The van der Waals surface area contributed by atoms with Crippen molar-refractivity contribution in [1.82, 2.24) is 13.7 Å². The maximum atomic E-state index is 2.59. The highest BCUT2D eigenvalue weighted by Crippen LogP contribution is 2.42. The second-order valence-electron chi connectivity index (χ2n) is 15.6. The molecule has 0 N–H and O–H groups in total. The van der Waals surface area contributed by atoms with Crippen LogP contribution in [0.3, 0.4) is 0 Å². The maximum absolute atomic E-state index is 2.59. The minimum atomic E-state index is 1.11. The third-order valence-electron chi connectivity index (χ3n) is 12.4. The molecule has 11 aromatic rings. The van der Waals surface area contributed by atoms with E-state index in [2.05, 4.69) is 202 Å². The summed E-state index contributed by atoms with van der Waals surface area (Å²) in [5.41, 5.74) is 17.6. The van der Waals surface area contributed by atoms with Crippen molar-refractivity contribution < 1.29 is 0 Å². The molecular formula is C54H39N3. The Bertz CT molecular complexity index is 3350. The molecule has 0 spiro atoms. The molecule has 3 aromatic heterocycles. The van der Waals surface area contributed by atoms with Crippen LogP contribution < -0.4 is 0 Å². The van der Waals surface area contributed by atoms with Crippen LogP contribution in [0.2, 0.25) is 0 Å². The first-order chi connectivity index (χ1) is 28.3. The lowest BCUT2D eigenvalue weighted by molar-refractivity contribution is 0.667. The molecule has 57 heavy (non-hydrogen) atoms. The molecule has 1 aliphatic carbocycles. The molecule has 1 aliphatic rings. The Balaban J connectivity index is 1.04. The molecule has 0 aliphatic heterocycles. The Kier molecular flexibility index (Phi) is 7.18. The lowest BCUT2D eigenvalue weighted by atomic mass is 9.95. The fraction of sp³-hybridized carbons (Fsp3) is 0.0741. The molecule has 0 bridgehead atoms. The van der Waals surface area contributed by atoms with Crippen molar-refractivity contribution in [1.29, 1.82) is 0 Å². The summed E-state index contributed by atoms with van der Waals surface area (Å²) in [5, 5.41) is 6.48. The molecule has 3 nitrogen and oxygen atoms in total. The molecule has 12 rings (SSSR count). The largest absolute Gasteiger partial charge is 0.313 e. The second-order valence-corrected chi connectivity index (χ2v) is 15.6. The molecule has 0 radical (unpaired) electrons. The predicted octanol–water partition coefficient (Wildman–Crippen LogP) is 14.0. The van der Waals surface area contributed by atoms with Crippen molar-refractivity contribution in [3.63, 3.8) is 0 Å². The van der Waals surface area contributed by atoms with E-state index in [1.165, 1.54) is 112 Å². The summed E-state index contributed by atoms with van der Waals surface area (Å²) in [6.07, 6.45) is 4.76. The van der Waals surface area contributed by atoms with E-state index in [-0.39, 0.29) is 0 Å². The minimum absolute atomic E-state index is 1.11. The highest BCUT2D eigenvalue weighted by Gasteiger charge is 2.24. The topological polar surface area (TPSA) is 14.8 Å². The number of aryl methyl sites for hydroxylation is 1. The van der Waals surface area contributed by atoms with Crippen LogP contribution in [-0.2, 0) is 12.8 Å². The van der Waals surface area contributed by atoms with Crippen LogP contribution in [0.5, 0.6) is 0 Å². The van der Waals surface area contributed by atoms with Crippen LogP contribution in [-0.4, -0.2) is 13.7 Å². The first kappa shape index (κ1) is 32.2. The van der Waals surface area contributed by atoms with Gasteiger partial charge in [0.05, 0.1) is 33.3 Å². The van der Waals surface area contributed by atoms with E-state index in [0.29, 0.717) is 0 Å². The SMILES string of the molecule is c1ccc(-c2cccc(-c3cccc(-n4c5ccccc5c5cc(-n6c7ccccc7c7c(-n8c9c(c%10ccccc%108)CCCC9)cccc76)ccc54)c3)c2)cc1. The molecule has 3 heterocycles. The quantitative estimate of drug-likeness (QED) is 0.168. The van der Waals surface area contributed by atoms with Crippen molar-refractivity contribution >= 4 is 54.5 Å². The lowest BCUT2D eigenvalue weighted by Crippen LogP contribution is -2.07. The molecule has 0 unspecified atom stereocenters. The number of aromatic nitrogens is 3. The Morgan fingerprint density at radius 3 is 1.68 bits per heavy atom. The summed E-state index contributed by atoms with van der Waals surface area (Å²) in [7, 11) is 0. The van der Waals surface area contributed by atoms with Crippen molar-refractivity contribution in [2.24, 2.45) is 0 Å². The van der Waals surface area contributed by atoms with E-state index in [1.54, 1.807) is 0 Å². The van der Waals surface area contributed by atoms with Gasteiger partial charge in [-0.25, -0.2) is 0 Å². The van der Waals surface area contributed by atoms with Crippen LogP contribution >= 0.6 is 0 Å². The highest BCUT2D eigenvalue weighted by atomic mass is 15.0. The van der Waals surface area contributed by atoms with E-state index in [9.17, 15) is 0 Å². The summed E-state index contributed by atoms with van der Waals surface area (Å²) in [4.78, 5) is 0. The first-order valence-corrected chi connectivity index (χ1v) is 20.2. The van der Waals surface area contributed by atoms with E-state index in [1.807, 2.05) is 0 Å². The fourth-order valence-corrected chi connectivity index (χ4v) is 9.95. The Morgan fingerprint density at radius 2 is 0.860 bits per heavy atom. The summed E-state index contributed by atoms with van der Waals surface area (Å²) >= 11 is 0. The monoisotopic (exact) mass is 729 g/mol. The number of benzene rings is 8. The van der Waals surface area contributed by atoms with Gasteiger partial charge in [0.2, 0.25) is 0 Å². The lowest BCUT2D eigenvalue weighted by Gasteiger charge is -2.17. The zero-order chi connectivity index (χ0) is 37.5. The predicted molar refractivity (Wildman–Crippen MR) is 239 cm³/mol. The van der Waals surface area contributed by atoms with Crippen molar-refractivity contribution in [2.75, 3.05) is 0 Å². The number of hydrogen-bond donors (Lipinski definition) is 0. The Labute approximate surface area is 331 Å². The molecule has 270 valence electrons. The number of para-hydroxylation sites is 3. The van der Waals surface area contributed by atoms with Gasteiger partial charge in [0.25, 0.3) is 0 Å². The van der Waals surface area contributed by atoms with Gasteiger partial charge >= 0.3 is 0 Å². The van der Waals surface area contributed by atoms with Gasteiger partial charge in [-0.05, 0) is 120 Å². The van der Waals surface area contributed by atoms with Gasteiger partial charge in [-0.2, -0.15) is 0 Å². The van der Waals surface area contributed by atoms with Gasteiger partial charge in [0.15, 0.2) is 0 Å². The van der Waals surface area contributed by atoms with Gasteiger partial charge < -0.3 is 13.7 Å². The summed E-state index contributed by atoms with van der Waals surface area (Å²) < 4.78 is 7.51. The maximum Gasteiger partial charge on any atom is 0.0562 e. The molecule has 0 saturated heterocycles. The first-order valence-electron chi connectivity index (χ1n) is 20.2. The Hall–Kier alpha value is -7.10. The summed E-state index contributed by atoms with van der Waals surface area (Å²) in [5.74, 6) is 0. The molecule has 0 saturated carbocycles. The number of rotatable bonds is 5. The molecule has 8 aromatic carbocycles. The fourth-order valence-electron chi connectivity index (χ4n) is 9.95. The molecule has 3 heteroatoms. The summed E-state index contributed by atoms with van der Waals surface area (Å²) in [6, 6.07) is 69.3. The van der Waals surface area contributed by atoms with Crippen molar-refractivity contribution in [3.8, 4) is 39.3 Å². The zero-order valence-corrected chi connectivity index (χ0v) is 31.6. The van der Waals surface area contributed by atoms with E-state index >= 15 is 0 Å². The molecule has 0 fully saturated rings. The van der Waals surface area contributed by atoms with E-state index < -0.39 is 0 Å². The average Bonchev–Trinajstić information content (AvgIpc) is 3.92. The second kappa shape index (κ2) is 12.7. The molecular weight excluding hydrogens is 691 g/mol. The van der Waals surface area contributed by atoms with Crippen LogP contribution in [0.25, 0.3) is 93.8 Å². The number of hydrogen-bond acceptors (Lipinski definition) is 0. The molecule has 0 amide bonds. The van der Waals surface area contributed by atoms with Gasteiger partial charge in [0, 0.05) is 44.0 Å². The third-order valence-corrected chi connectivity index (χ3v) is 12.4. The molecule has 0 atom stereocenters. The van der Waals surface area contributed by atoms with Crippen molar-refractivity contribution in [3.05, 3.63) is 199 Å². The van der Waals surface area contributed by atoms with Crippen LogP contribution in [0.1, 0.15) is 24.1 Å². The Morgan fingerprint density at radius 1 is 0.316 bits per heavy atom. The summed E-state index contributed by atoms with van der Waals surface area (Å²) in [6.45, 7) is 0. The minimum Gasteiger partial charge on any atom is -0.313 e. The highest BCUT2D eigenvalue weighted by molar-refractivity contribution is 6.15. The van der Waals surface area contributed by atoms with Crippen LogP contribution in [0.4, 0.5) is 0 Å². The number of fused-ring (bicyclic) bond motifs is 9. The van der Waals surface area contributed by atoms with Crippen LogP contribution in [0, 0.1) is 0 Å². The van der Waals surface area contributed by atoms with Gasteiger partial charge in [-0.3, -0.25) is 0 Å². The van der Waals surface area contributed by atoms with Crippen molar-refractivity contribution in [2.45, 2.75) is 25.7 Å². The van der Waals surface area contributed by atoms with Crippen LogP contribution in [0.15, 0.2) is 188 Å². The standard InChI is InChI=1S/C54H39N3/c1-2-15-36(16-3-1)37-17-12-18-38(33-37)39-19-13-20-40(34-39)55-47-25-8-6-23-44(47)46-35-41(31-32-51(46)55)56-50-28-11-7-24-45(50)54-52(56)29-14-30-53(54)57-48-26-9-4-21-42(48)43-22-5-10-27-49(43)57/h1-4,6-9,11-21,23-26,28-35H,5,10,22,27H2. The zero-order valence-electron chi connectivity index (χ0n) is 31.6. The van der Waals surface area contributed by atoms with Gasteiger partial charge in [-0.15, -0.1) is 0 Å². The van der Waals surface area contributed by atoms with Gasteiger partial charge in [0.1, 0.15) is 0 Å². The number of nitrogens with zero attached hydrogens (tertiary/aromatic N) is 3. The third kappa shape index (κ3) is 4.92. The smallest absolute Gasteiger partial charge is 0.0562 e. The van der Waals surface area contributed by atoms with E-state index in [4.69, 9.17) is 0 Å². The van der Waals surface area contributed by atoms with E-state index in [0.717, 1.165) is 18.5 Å².